The molecule has 0 spiro atoms. The van der Waals surface area contributed by atoms with Crippen molar-refractivity contribution < 1.29 is 32.3 Å². The Morgan fingerprint density at radius 2 is 1.84 bits per heavy atom. The minimum Gasteiger partial charge on any atom is -0.328 e. The van der Waals surface area contributed by atoms with Crippen LogP contribution >= 0.6 is 0 Å². The summed E-state index contributed by atoms with van der Waals surface area (Å²) in [6, 6.07) is 0.999. The Hall–Kier alpha value is -2.79. The molecule has 2 fully saturated rings. The van der Waals surface area contributed by atoms with Gasteiger partial charge in [0.1, 0.15) is 12.1 Å². The predicted molar refractivity (Wildman–Crippen MR) is 101 cm³/mol. The number of nitrogens with zero attached hydrogens (tertiary/aromatic N) is 2. The van der Waals surface area contributed by atoms with Crippen LogP contribution in [0.2, 0.25) is 0 Å². The van der Waals surface area contributed by atoms with Gasteiger partial charge in [-0.15, -0.1) is 0 Å². The summed E-state index contributed by atoms with van der Waals surface area (Å²) in [5, 5.41) is 2.11. The van der Waals surface area contributed by atoms with E-state index in [1.165, 1.54) is 23.1 Å². The first kappa shape index (κ1) is 21.4. The van der Waals surface area contributed by atoms with E-state index in [9.17, 15) is 32.3 Å². The number of nitrogens with two attached hydrogens (primary N) is 1. The summed E-state index contributed by atoms with van der Waals surface area (Å²) in [6.45, 7) is -0.0731. The third-order valence-electron chi connectivity index (χ3n) is 6.06. The van der Waals surface area contributed by atoms with E-state index in [1.54, 1.807) is 0 Å². The van der Waals surface area contributed by atoms with Crippen LogP contribution in [0.3, 0.4) is 0 Å². The summed E-state index contributed by atoms with van der Waals surface area (Å²) in [4.78, 5) is 51.6. The lowest BCUT2D eigenvalue weighted by atomic mass is 9.95. The molecule has 2 saturated heterocycles. The van der Waals surface area contributed by atoms with Crippen molar-refractivity contribution in [1.29, 1.82) is 0 Å². The number of carbonyl (C=O) groups is 4. The first-order chi connectivity index (χ1) is 14.6. The summed E-state index contributed by atoms with van der Waals surface area (Å²) in [6.07, 6.45) is -4.34. The topological polar surface area (TPSA) is 113 Å². The molecule has 3 aliphatic rings. The molecule has 166 valence electrons. The highest BCUT2D eigenvalue weighted by molar-refractivity contribution is 6.24. The number of hydrogen-bond acceptors (Lipinski definition) is 6. The van der Waals surface area contributed by atoms with Crippen LogP contribution in [0.15, 0.2) is 18.2 Å². The van der Waals surface area contributed by atoms with Gasteiger partial charge in [0, 0.05) is 25.6 Å². The van der Waals surface area contributed by atoms with Crippen LogP contribution in [0, 0.1) is 0 Å². The zero-order chi connectivity index (χ0) is 22.5. The SMILES string of the molecule is N[C@@H]1CCN(Cc2cccc3c2C(=O)N(C2CCC(=O)NC2=O)C3=O)[C@H](C(F)(F)F)C1. The Morgan fingerprint density at radius 1 is 1.10 bits per heavy atom. The van der Waals surface area contributed by atoms with Crippen LogP contribution in [0.25, 0.3) is 0 Å². The number of carbonyl (C=O) groups excluding carboxylic acids is 4. The number of nitrogens with one attached hydrogen (secondary N) is 1. The van der Waals surface area contributed by atoms with Gasteiger partial charge >= 0.3 is 6.18 Å². The van der Waals surface area contributed by atoms with Gasteiger partial charge in [-0.05, 0) is 30.9 Å². The number of alkyl halides is 3. The van der Waals surface area contributed by atoms with E-state index in [0.717, 1.165) is 4.90 Å². The Labute approximate surface area is 175 Å². The molecule has 11 heteroatoms. The molecule has 1 unspecified atom stereocenters. The number of hydrogen-bond donors (Lipinski definition) is 2. The van der Waals surface area contributed by atoms with E-state index in [-0.39, 0.29) is 49.0 Å². The van der Waals surface area contributed by atoms with E-state index in [1.807, 2.05) is 0 Å². The Balaban J connectivity index is 1.63. The Morgan fingerprint density at radius 3 is 2.52 bits per heavy atom. The number of halogens is 3. The highest BCUT2D eigenvalue weighted by atomic mass is 19.4. The molecule has 3 N–H and O–H groups in total. The van der Waals surface area contributed by atoms with Gasteiger partial charge in [0.25, 0.3) is 11.8 Å². The largest absolute Gasteiger partial charge is 0.404 e. The van der Waals surface area contributed by atoms with Crippen LogP contribution < -0.4 is 11.1 Å². The summed E-state index contributed by atoms with van der Waals surface area (Å²) < 4.78 is 40.7. The monoisotopic (exact) mass is 438 g/mol. The maximum atomic E-state index is 13.6. The molecule has 1 aromatic carbocycles. The van der Waals surface area contributed by atoms with E-state index in [4.69, 9.17) is 5.73 Å². The lowest BCUT2D eigenvalue weighted by molar-refractivity contribution is -0.194. The lowest BCUT2D eigenvalue weighted by Crippen LogP contribution is -2.54. The van der Waals surface area contributed by atoms with E-state index < -0.39 is 47.9 Å². The highest BCUT2D eigenvalue weighted by Gasteiger charge is 2.48. The fourth-order valence-electron chi connectivity index (χ4n) is 4.51. The van der Waals surface area contributed by atoms with Gasteiger partial charge in [-0.3, -0.25) is 34.3 Å². The maximum Gasteiger partial charge on any atom is 0.404 e. The fraction of sp³-hybridized carbons (Fsp3) is 0.500. The summed E-state index contributed by atoms with van der Waals surface area (Å²) in [7, 11) is 0. The molecule has 4 amide bonds. The van der Waals surface area contributed by atoms with Crippen LogP contribution in [0.1, 0.15) is 52.0 Å². The van der Waals surface area contributed by atoms with Crippen molar-refractivity contribution in [3.05, 3.63) is 34.9 Å². The highest BCUT2D eigenvalue weighted by Crippen LogP contribution is 2.35. The van der Waals surface area contributed by atoms with E-state index in [0.29, 0.717) is 6.42 Å². The maximum absolute atomic E-state index is 13.6. The quantitative estimate of drug-likeness (QED) is 0.680. The van der Waals surface area contributed by atoms with Gasteiger partial charge in [-0.25, -0.2) is 0 Å². The number of likely N-dealkylation sites (tertiary alicyclic amines) is 1. The first-order valence-electron chi connectivity index (χ1n) is 9.97. The average molecular weight is 438 g/mol. The number of imide groups is 2. The summed E-state index contributed by atoms with van der Waals surface area (Å²) in [5.41, 5.74) is 6.08. The molecule has 8 nitrogen and oxygen atoms in total. The van der Waals surface area contributed by atoms with Crippen molar-refractivity contribution in [3.8, 4) is 0 Å². The molecule has 0 saturated carbocycles. The number of fused-ring (bicyclic) bond motifs is 1. The molecular weight excluding hydrogens is 417 g/mol. The zero-order valence-electron chi connectivity index (χ0n) is 16.4. The summed E-state index contributed by atoms with van der Waals surface area (Å²) >= 11 is 0. The van der Waals surface area contributed by atoms with Crippen LogP contribution in [-0.4, -0.2) is 64.3 Å². The first-order valence-corrected chi connectivity index (χ1v) is 9.97. The second-order valence-electron chi connectivity index (χ2n) is 8.10. The minimum absolute atomic E-state index is 0.00559. The third kappa shape index (κ3) is 3.83. The minimum atomic E-state index is -4.48. The molecule has 0 aromatic heterocycles. The molecule has 4 rings (SSSR count). The van der Waals surface area contributed by atoms with Gasteiger partial charge < -0.3 is 5.73 Å². The molecule has 3 heterocycles. The number of piperidine rings is 2. The average Bonchev–Trinajstić information content (AvgIpc) is 2.94. The number of amides is 4. The molecule has 0 aliphatic carbocycles. The fourth-order valence-corrected chi connectivity index (χ4v) is 4.51. The third-order valence-corrected chi connectivity index (χ3v) is 6.06. The van der Waals surface area contributed by atoms with E-state index in [2.05, 4.69) is 5.32 Å². The molecule has 0 bridgehead atoms. The molecule has 3 aliphatic heterocycles. The Kier molecular flexibility index (Phi) is 5.34. The Bertz CT molecular complexity index is 964. The van der Waals surface area contributed by atoms with Crippen molar-refractivity contribution in [2.24, 2.45) is 5.73 Å². The standard InChI is InChI=1S/C20H21F3N4O4/c21-20(22,23)14-8-11(24)6-7-26(14)9-10-2-1-3-12-16(10)19(31)27(18(12)30)13-4-5-15(28)25-17(13)29/h1-3,11,13-14H,4-9,24H2,(H,25,28,29)/t11-,13?,14+/m1/s1. The van der Waals surface area contributed by atoms with Crippen molar-refractivity contribution in [2.45, 2.75) is 56.5 Å². The number of benzene rings is 1. The summed E-state index contributed by atoms with van der Waals surface area (Å²) in [5.74, 6) is -2.65. The molecule has 0 radical (unpaired) electrons. The van der Waals surface area contributed by atoms with Gasteiger partial charge in [-0.1, -0.05) is 12.1 Å². The van der Waals surface area contributed by atoms with Gasteiger partial charge in [0.2, 0.25) is 11.8 Å². The zero-order valence-corrected chi connectivity index (χ0v) is 16.4. The molecule has 1 aromatic rings. The van der Waals surface area contributed by atoms with Crippen molar-refractivity contribution in [1.82, 2.24) is 15.1 Å². The lowest BCUT2D eigenvalue weighted by Gasteiger charge is -2.39. The molecule has 31 heavy (non-hydrogen) atoms. The van der Waals surface area contributed by atoms with Crippen molar-refractivity contribution >= 4 is 23.6 Å². The van der Waals surface area contributed by atoms with Crippen molar-refractivity contribution in [2.75, 3.05) is 6.54 Å². The van der Waals surface area contributed by atoms with Crippen LogP contribution in [0.4, 0.5) is 13.2 Å². The molecular formula is C20H21F3N4O4. The second kappa shape index (κ2) is 7.72. The smallest absolute Gasteiger partial charge is 0.328 e. The predicted octanol–water partition coefficient (Wildman–Crippen LogP) is 0.942. The van der Waals surface area contributed by atoms with Gasteiger partial charge in [0.05, 0.1) is 11.1 Å². The van der Waals surface area contributed by atoms with E-state index >= 15 is 0 Å². The second-order valence-corrected chi connectivity index (χ2v) is 8.10. The number of rotatable bonds is 3. The normalized spacial score (nSPS) is 27.5. The van der Waals surface area contributed by atoms with Crippen molar-refractivity contribution in [3.63, 3.8) is 0 Å². The van der Waals surface area contributed by atoms with Gasteiger partial charge in [-0.2, -0.15) is 13.2 Å². The molecule has 3 atom stereocenters. The van der Waals surface area contributed by atoms with Crippen LogP contribution in [-0.2, 0) is 16.1 Å². The van der Waals surface area contributed by atoms with Crippen LogP contribution in [0.5, 0.6) is 0 Å². The van der Waals surface area contributed by atoms with Gasteiger partial charge in [0.15, 0.2) is 0 Å².